The highest BCUT2D eigenvalue weighted by molar-refractivity contribution is 7.19. The number of allylic oxidation sites excluding steroid dienone is 1. The van der Waals surface area contributed by atoms with E-state index in [1.165, 1.54) is 15.7 Å². The number of hydrogen-bond acceptors (Lipinski definition) is 8. The molecule has 9 heteroatoms. The van der Waals surface area contributed by atoms with Gasteiger partial charge in [0.25, 0.3) is 5.56 Å². The molecule has 2 aromatic carbocycles. The van der Waals surface area contributed by atoms with Gasteiger partial charge in [0.15, 0.2) is 0 Å². The Kier molecular flexibility index (Phi) is 6.23. The third-order valence-corrected chi connectivity index (χ3v) is 7.77. The van der Waals surface area contributed by atoms with Gasteiger partial charge in [0.2, 0.25) is 0 Å². The van der Waals surface area contributed by atoms with Crippen LogP contribution in [0.15, 0.2) is 77.7 Å². The van der Waals surface area contributed by atoms with E-state index < -0.39 is 0 Å². The van der Waals surface area contributed by atoms with Gasteiger partial charge in [-0.2, -0.15) is 5.26 Å². The number of ether oxygens (including phenoxy) is 1. The Balaban J connectivity index is 1.38. The van der Waals surface area contributed by atoms with Crippen LogP contribution < -0.4 is 20.1 Å². The van der Waals surface area contributed by atoms with Crippen molar-refractivity contribution < 1.29 is 4.74 Å². The third kappa shape index (κ3) is 4.35. The summed E-state index contributed by atoms with van der Waals surface area (Å²) >= 11 is 1.44. The van der Waals surface area contributed by atoms with Crippen LogP contribution in [-0.4, -0.2) is 47.7 Å². The second kappa shape index (κ2) is 10.00. The predicted molar refractivity (Wildman–Crippen MR) is 152 cm³/mol. The first-order valence-electron chi connectivity index (χ1n) is 12.3. The molecule has 0 radical (unpaired) electrons. The summed E-state index contributed by atoms with van der Waals surface area (Å²) < 4.78 is 7.80. The fraction of sp³-hybridized carbons (Fsp3) is 0.172. The van der Waals surface area contributed by atoms with Crippen LogP contribution in [0.5, 0.6) is 5.75 Å². The molecule has 0 N–H and O–H groups in total. The van der Waals surface area contributed by atoms with E-state index in [9.17, 15) is 10.1 Å². The molecule has 0 amide bonds. The molecule has 0 aliphatic carbocycles. The summed E-state index contributed by atoms with van der Waals surface area (Å²) in [6, 6.07) is 23.6. The molecule has 1 aliphatic heterocycles. The number of piperazine rings is 1. The quantitative estimate of drug-likeness (QED) is 0.310. The highest BCUT2D eigenvalue weighted by Gasteiger charge is 2.23. The summed E-state index contributed by atoms with van der Waals surface area (Å²) in [5.74, 6) is 1.41. The number of methoxy groups -OCH3 is 1. The summed E-state index contributed by atoms with van der Waals surface area (Å²) in [6.07, 6.45) is 3.36. The molecule has 4 heterocycles. The largest absolute Gasteiger partial charge is 0.497 e. The van der Waals surface area contributed by atoms with Gasteiger partial charge >= 0.3 is 0 Å². The fourth-order valence-electron chi connectivity index (χ4n) is 4.70. The average Bonchev–Trinajstić information content (AvgIpc) is 3.41. The Morgan fingerprint density at radius 1 is 0.974 bits per heavy atom. The van der Waals surface area contributed by atoms with Crippen LogP contribution in [0.1, 0.15) is 10.6 Å². The van der Waals surface area contributed by atoms with Crippen molar-refractivity contribution in [1.82, 2.24) is 14.4 Å². The van der Waals surface area contributed by atoms with E-state index in [1.807, 2.05) is 48.5 Å². The Labute approximate surface area is 223 Å². The van der Waals surface area contributed by atoms with Gasteiger partial charge in [-0.05, 0) is 54.6 Å². The molecule has 38 heavy (non-hydrogen) atoms. The Morgan fingerprint density at radius 3 is 2.45 bits per heavy atom. The van der Waals surface area contributed by atoms with Gasteiger partial charge in [0, 0.05) is 38.1 Å². The minimum atomic E-state index is -0.211. The zero-order valence-corrected chi connectivity index (χ0v) is 21.6. The number of thiazole rings is 1. The van der Waals surface area contributed by atoms with E-state index in [1.54, 1.807) is 25.4 Å². The van der Waals surface area contributed by atoms with Crippen molar-refractivity contribution in [2.24, 2.45) is 0 Å². The van der Waals surface area contributed by atoms with Crippen molar-refractivity contribution in [2.45, 2.75) is 0 Å². The maximum absolute atomic E-state index is 13.7. The molecule has 3 aromatic heterocycles. The van der Waals surface area contributed by atoms with Crippen LogP contribution in [0.4, 0.5) is 11.5 Å². The molecule has 0 saturated carbocycles. The van der Waals surface area contributed by atoms with Crippen LogP contribution in [-0.2, 0) is 0 Å². The standard InChI is InChI=1S/C29H24N6O2S/c1-37-22-11-9-21(10-12-22)33-14-16-34(17-15-33)27-23(29(36)35-13-5-4-8-26(35)32-27)18-20(19-30)28-31-24-6-2-3-7-25(24)38-28/h2-13,18H,14-17H2,1H3. The van der Waals surface area contributed by atoms with Gasteiger partial charge in [0.05, 0.1) is 28.5 Å². The summed E-state index contributed by atoms with van der Waals surface area (Å²) in [7, 11) is 1.66. The zero-order chi connectivity index (χ0) is 26.1. The number of fused-ring (bicyclic) bond motifs is 2. The summed E-state index contributed by atoms with van der Waals surface area (Å²) in [6.45, 7) is 2.92. The maximum atomic E-state index is 13.7. The molecular formula is C29H24N6O2S. The first kappa shape index (κ1) is 23.7. The van der Waals surface area contributed by atoms with Gasteiger partial charge in [-0.15, -0.1) is 11.3 Å². The van der Waals surface area contributed by atoms with Crippen molar-refractivity contribution in [2.75, 3.05) is 43.1 Å². The lowest BCUT2D eigenvalue weighted by Crippen LogP contribution is -2.47. The average molecular weight is 521 g/mol. The highest BCUT2D eigenvalue weighted by Crippen LogP contribution is 2.30. The van der Waals surface area contributed by atoms with Crippen LogP contribution in [0.2, 0.25) is 0 Å². The topological polar surface area (TPSA) is 86.8 Å². The third-order valence-electron chi connectivity index (χ3n) is 6.70. The van der Waals surface area contributed by atoms with Crippen LogP contribution >= 0.6 is 11.3 Å². The van der Waals surface area contributed by atoms with Crippen LogP contribution in [0.25, 0.3) is 27.5 Å². The van der Waals surface area contributed by atoms with E-state index in [-0.39, 0.29) is 5.56 Å². The molecule has 0 unspecified atom stereocenters. The molecule has 6 rings (SSSR count). The first-order valence-corrected chi connectivity index (χ1v) is 13.1. The van der Waals surface area contributed by atoms with Crippen LogP contribution in [0.3, 0.4) is 0 Å². The first-order chi connectivity index (χ1) is 18.6. The number of nitrogens with zero attached hydrogens (tertiary/aromatic N) is 6. The molecule has 1 saturated heterocycles. The van der Waals surface area contributed by atoms with Crippen LogP contribution in [0, 0.1) is 11.3 Å². The lowest BCUT2D eigenvalue weighted by molar-refractivity contribution is 0.415. The number of nitriles is 1. The number of pyridine rings is 1. The van der Waals surface area contributed by atoms with Crippen molar-refractivity contribution in [1.29, 1.82) is 5.26 Å². The number of rotatable bonds is 5. The molecule has 188 valence electrons. The fourth-order valence-corrected chi connectivity index (χ4v) is 5.63. The lowest BCUT2D eigenvalue weighted by atomic mass is 10.1. The zero-order valence-electron chi connectivity index (χ0n) is 20.7. The normalized spacial score (nSPS) is 14.2. The molecule has 0 spiro atoms. The highest BCUT2D eigenvalue weighted by atomic mass is 32.1. The van der Waals surface area contributed by atoms with E-state index >= 15 is 0 Å². The molecule has 0 atom stereocenters. The van der Waals surface area contributed by atoms with Gasteiger partial charge in [-0.1, -0.05) is 18.2 Å². The van der Waals surface area contributed by atoms with Crippen molar-refractivity contribution in [3.63, 3.8) is 0 Å². The number of benzene rings is 2. The van der Waals surface area contributed by atoms with Crippen molar-refractivity contribution in [3.05, 3.63) is 93.9 Å². The molecule has 5 aromatic rings. The number of anilines is 2. The summed E-state index contributed by atoms with van der Waals surface area (Å²) in [5.41, 5.74) is 3.05. The number of hydrogen-bond donors (Lipinski definition) is 0. The molecule has 1 aliphatic rings. The summed E-state index contributed by atoms with van der Waals surface area (Å²) in [4.78, 5) is 27.7. The Hall–Kier alpha value is -4.68. The molecule has 0 bridgehead atoms. The van der Waals surface area contributed by atoms with Gasteiger partial charge in [-0.3, -0.25) is 9.20 Å². The second-order valence-electron chi connectivity index (χ2n) is 8.91. The number of para-hydroxylation sites is 1. The van der Waals surface area contributed by atoms with E-state index in [2.05, 4.69) is 33.0 Å². The van der Waals surface area contributed by atoms with Crippen molar-refractivity contribution in [3.8, 4) is 11.8 Å². The monoisotopic (exact) mass is 520 g/mol. The summed E-state index contributed by atoms with van der Waals surface area (Å²) in [5, 5.41) is 10.6. The predicted octanol–water partition coefficient (Wildman–Crippen LogP) is 4.70. The SMILES string of the molecule is COc1ccc(N2CCN(c3nc4ccccn4c(=O)c3C=C(C#N)c3nc4ccccc4s3)CC2)cc1. The van der Waals surface area contributed by atoms with E-state index in [4.69, 9.17) is 9.72 Å². The minimum absolute atomic E-state index is 0.211. The van der Waals surface area contributed by atoms with E-state index in [0.29, 0.717) is 40.7 Å². The van der Waals surface area contributed by atoms with E-state index in [0.717, 1.165) is 34.7 Å². The lowest BCUT2D eigenvalue weighted by Gasteiger charge is -2.37. The van der Waals surface area contributed by atoms with Gasteiger partial charge < -0.3 is 14.5 Å². The second-order valence-corrected chi connectivity index (χ2v) is 9.94. The molecule has 1 fully saturated rings. The Morgan fingerprint density at radius 2 is 1.71 bits per heavy atom. The van der Waals surface area contributed by atoms with Crippen molar-refractivity contribution >= 4 is 50.4 Å². The maximum Gasteiger partial charge on any atom is 0.267 e. The molecular weight excluding hydrogens is 496 g/mol. The minimum Gasteiger partial charge on any atom is -0.497 e. The Bertz CT molecular complexity index is 1730. The van der Waals surface area contributed by atoms with Gasteiger partial charge in [-0.25, -0.2) is 9.97 Å². The molecule has 8 nitrogen and oxygen atoms in total. The smallest absolute Gasteiger partial charge is 0.267 e. The number of aromatic nitrogens is 3. The van der Waals surface area contributed by atoms with Gasteiger partial charge in [0.1, 0.15) is 28.3 Å².